The number of alkyl halides is 2. The average molecular weight is 227 g/mol. The molecule has 0 aliphatic carbocycles. The van der Waals surface area contributed by atoms with Crippen LogP contribution >= 0.6 is 0 Å². The lowest BCUT2D eigenvalue weighted by Crippen LogP contribution is -2.62. The molecule has 0 spiro atoms. The third-order valence-electron chi connectivity index (χ3n) is 3.07. The highest BCUT2D eigenvalue weighted by molar-refractivity contribution is 5.21. The van der Waals surface area contributed by atoms with E-state index in [0.717, 1.165) is 0 Å². The molecule has 0 atom stereocenters. The summed E-state index contributed by atoms with van der Waals surface area (Å²) in [5.74, 6) is -2.83. The molecule has 0 saturated carbocycles. The molecule has 16 heavy (non-hydrogen) atoms. The second-order valence-corrected chi connectivity index (χ2v) is 4.24. The fourth-order valence-electron chi connectivity index (χ4n) is 1.93. The molecule has 0 radical (unpaired) electrons. The zero-order valence-electron chi connectivity index (χ0n) is 9.17. The zero-order valence-corrected chi connectivity index (χ0v) is 9.17. The van der Waals surface area contributed by atoms with Crippen molar-refractivity contribution in [1.82, 2.24) is 5.32 Å². The lowest BCUT2D eigenvalue weighted by molar-refractivity contribution is -0.132. The number of hydrogen-bond acceptors (Lipinski definition) is 2. The summed E-state index contributed by atoms with van der Waals surface area (Å²) >= 11 is 0. The second-order valence-electron chi connectivity index (χ2n) is 4.24. The Balaban J connectivity index is 2.13. The highest BCUT2D eigenvalue weighted by Crippen LogP contribution is 2.38. The Bertz CT molecular complexity index is 344. The van der Waals surface area contributed by atoms with Crippen LogP contribution in [0.3, 0.4) is 0 Å². The number of halogens is 2. The van der Waals surface area contributed by atoms with Crippen molar-refractivity contribution in [3.63, 3.8) is 0 Å². The smallest absolute Gasteiger partial charge is 0.276 e. The van der Waals surface area contributed by atoms with Crippen LogP contribution in [0, 0.1) is 0 Å². The molecule has 2 rings (SSSR count). The number of rotatable bonds is 4. The molecule has 2 nitrogen and oxygen atoms in total. The lowest BCUT2D eigenvalue weighted by atomic mass is 9.87. The van der Waals surface area contributed by atoms with Gasteiger partial charge < -0.3 is 10.1 Å². The van der Waals surface area contributed by atoms with Gasteiger partial charge in [0.1, 0.15) is 0 Å². The number of hydrogen-bond donors (Lipinski definition) is 1. The molecule has 1 saturated heterocycles. The average Bonchev–Trinajstić information content (AvgIpc) is 2.25. The van der Waals surface area contributed by atoms with Crippen molar-refractivity contribution in [2.45, 2.75) is 17.9 Å². The molecule has 0 unspecified atom stereocenters. The van der Waals surface area contributed by atoms with Crippen molar-refractivity contribution in [3.05, 3.63) is 35.9 Å². The number of benzene rings is 1. The molecule has 88 valence electrons. The SMILES string of the molecule is COC1(CC(F)(F)c2ccccc2)CNC1. The van der Waals surface area contributed by atoms with Crippen LogP contribution < -0.4 is 5.32 Å². The summed E-state index contributed by atoms with van der Waals surface area (Å²) in [7, 11) is 1.49. The van der Waals surface area contributed by atoms with Gasteiger partial charge in [-0.05, 0) is 0 Å². The van der Waals surface area contributed by atoms with Gasteiger partial charge in [-0.1, -0.05) is 30.3 Å². The Labute approximate surface area is 93.6 Å². The van der Waals surface area contributed by atoms with Gasteiger partial charge in [-0.3, -0.25) is 0 Å². The molecular formula is C12H15F2NO. The van der Waals surface area contributed by atoms with E-state index < -0.39 is 11.5 Å². The molecular weight excluding hydrogens is 212 g/mol. The molecule has 1 aromatic carbocycles. The molecule has 1 aliphatic heterocycles. The molecule has 1 heterocycles. The van der Waals surface area contributed by atoms with E-state index in [1.54, 1.807) is 18.2 Å². The largest absolute Gasteiger partial charge is 0.375 e. The van der Waals surface area contributed by atoms with Gasteiger partial charge in [0.25, 0.3) is 5.92 Å². The quantitative estimate of drug-likeness (QED) is 0.851. The Morgan fingerprint density at radius 3 is 2.38 bits per heavy atom. The summed E-state index contributed by atoms with van der Waals surface area (Å²) in [4.78, 5) is 0. The summed E-state index contributed by atoms with van der Waals surface area (Å²) < 4.78 is 33.1. The van der Waals surface area contributed by atoms with Crippen molar-refractivity contribution < 1.29 is 13.5 Å². The first-order valence-electron chi connectivity index (χ1n) is 5.27. The molecule has 1 aliphatic rings. The van der Waals surface area contributed by atoms with Crippen LogP contribution in [0.5, 0.6) is 0 Å². The zero-order chi connectivity index (χ0) is 11.6. The van der Waals surface area contributed by atoms with Gasteiger partial charge in [-0.25, -0.2) is 8.78 Å². The summed E-state index contributed by atoms with van der Waals surface area (Å²) in [5, 5.41) is 2.97. The van der Waals surface area contributed by atoms with Gasteiger partial charge in [0.15, 0.2) is 0 Å². The summed E-state index contributed by atoms with van der Waals surface area (Å²) in [6.07, 6.45) is -0.270. The van der Waals surface area contributed by atoms with Crippen LogP contribution in [-0.4, -0.2) is 25.8 Å². The molecule has 0 aromatic heterocycles. The highest BCUT2D eigenvalue weighted by atomic mass is 19.3. The van der Waals surface area contributed by atoms with E-state index in [0.29, 0.717) is 13.1 Å². The van der Waals surface area contributed by atoms with E-state index in [2.05, 4.69) is 5.32 Å². The topological polar surface area (TPSA) is 21.3 Å². The first kappa shape index (κ1) is 11.5. The first-order valence-corrected chi connectivity index (χ1v) is 5.27. The number of ether oxygens (including phenoxy) is 1. The molecule has 0 bridgehead atoms. The normalized spacial score (nSPS) is 19.2. The van der Waals surface area contributed by atoms with Crippen molar-refractivity contribution in [3.8, 4) is 0 Å². The van der Waals surface area contributed by atoms with Gasteiger partial charge in [-0.15, -0.1) is 0 Å². The lowest BCUT2D eigenvalue weighted by Gasteiger charge is -2.43. The minimum Gasteiger partial charge on any atom is -0.375 e. The Kier molecular flexibility index (Phi) is 2.95. The minimum atomic E-state index is -2.83. The summed E-state index contributed by atoms with van der Waals surface area (Å²) in [5.41, 5.74) is -0.655. The van der Waals surface area contributed by atoms with E-state index in [-0.39, 0.29) is 12.0 Å². The van der Waals surface area contributed by atoms with Crippen LogP contribution in [0.15, 0.2) is 30.3 Å². The Hall–Kier alpha value is -1.00. The minimum absolute atomic E-state index is 0.0540. The number of nitrogens with one attached hydrogen (secondary N) is 1. The molecule has 1 fully saturated rings. The van der Waals surface area contributed by atoms with Crippen LogP contribution in [0.1, 0.15) is 12.0 Å². The monoisotopic (exact) mass is 227 g/mol. The van der Waals surface area contributed by atoms with Crippen molar-refractivity contribution in [2.24, 2.45) is 0 Å². The first-order chi connectivity index (χ1) is 7.58. The highest BCUT2D eigenvalue weighted by Gasteiger charge is 2.47. The Morgan fingerprint density at radius 2 is 1.94 bits per heavy atom. The van der Waals surface area contributed by atoms with Gasteiger partial charge >= 0.3 is 0 Å². The molecule has 4 heteroatoms. The predicted octanol–water partition coefficient (Wildman–Crippen LogP) is 2.16. The molecule has 1 N–H and O–H groups in total. The standard InChI is InChI=1S/C12H15F2NO/c1-16-11(8-15-9-11)7-12(13,14)10-5-3-2-4-6-10/h2-6,15H,7-9H2,1H3. The third-order valence-corrected chi connectivity index (χ3v) is 3.07. The maximum absolute atomic E-state index is 14.0. The molecule has 0 amide bonds. The van der Waals surface area contributed by atoms with E-state index >= 15 is 0 Å². The van der Waals surface area contributed by atoms with E-state index in [1.165, 1.54) is 19.2 Å². The molecule has 1 aromatic rings. The maximum Gasteiger partial charge on any atom is 0.276 e. The van der Waals surface area contributed by atoms with Gasteiger partial charge in [0.2, 0.25) is 0 Å². The van der Waals surface area contributed by atoms with Crippen LogP contribution in [0.2, 0.25) is 0 Å². The van der Waals surface area contributed by atoms with E-state index in [9.17, 15) is 8.78 Å². The van der Waals surface area contributed by atoms with Crippen LogP contribution in [-0.2, 0) is 10.7 Å². The van der Waals surface area contributed by atoms with Gasteiger partial charge in [-0.2, -0.15) is 0 Å². The van der Waals surface area contributed by atoms with E-state index in [1.807, 2.05) is 0 Å². The van der Waals surface area contributed by atoms with Gasteiger partial charge in [0.05, 0.1) is 5.60 Å². The van der Waals surface area contributed by atoms with Crippen molar-refractivity contribution in [2.75, 3.05) is 20.2 Å². The third kappa shape index (κ3) is 2.08. The van der Waals surface area contributed by atoms with Crippen molar-refractivity contribution in [1.29, 1.82) is 0 Å². The van der Waals surface area contributed by atoms with E-state index in [4.69, 9.17) is 4.74 Å². The fourth-order valence-corrected chi connectivity index (χ4v) is 1.93. The maximum atomic E-state index is 14.0. The van der Waals surface area contributed by atoms with Crippen molar-refractivity contribution >= 4 is 0 Å². The van der Waals surface area contributed by atoms with Crippen LogP contribution in [0.4, 0.5) is 8.78 Å². The summed E-state index contributed by atoms with van der Waals surface area (Å²) in [6.45, 7) is 0.984. The Morgan fingerprint density at radius 1 is 1.31 bits per heavy atom. The fraction of sp³-hybridized carbons (Fsp3) is 0.500. The second kappa shape index (κ2) is 4.11. The van der Waals surface area contributed by atoms with Crippen LogP contribution in [0.25, 0.3) is 0 Å². The summed E-state index contributed by atoms with van der Waals surface area (Å²) in [6, 6.07) is 7.89. The van der Waals surface area contributed by atoms with Gasteiger partial charge in [0, 0.05) is 32.2 Å². The number of methoxy groups -OCH3 is 1. The predicted molar refractivity (Wildman–Crippen MR) is 57.6 cm³/mol.